The van der Waals surface area contributed by atoms with E-state index in [0.29, 0.717) is 10.0 Å². The molecule has 24 heavy (non-hydrogen) atoms. The summed E-state index contributed by atoms with van der Waals surface area (Å²) >= 11 is 13.7. The number of ether oxygens (including phenoxy) is 1. The van der Waals surface area contributed by atoms with Crippen molar-refractivity contribution < 1.29 is 4.74 Å². The van der Waals surface area contributed by atoms with Crippen molar-refractivity contribution in [1.29, 1.82) is 0 Å². The van der Waals surface area contributed by atoms with E-state index < -0.39 is 0 Å². The molecule has 2 aromatic carbocycles. The average molecular weight is 376 g/mol. The van der Waals surface area contributed by atoms with Crippen LogP contribution >= 0.6 is 34.5 Å². The number of benzene rings is 2. The molecule has 7 heteroatoms. The first-order valence-electron chi connectivity index (χ1n) is 7.08. The number of methoxy groups -OCH3 is 1. The van der Waals surface area contributed by atoms with Gasteiger partial charge in [-0.15, -0.1) is 11.3 Å². The molecule has 0 amide bonds. The van der Waals surface area contributed by atoms with E-state index in [9.17, 15) is 0 Å². The number of nitrogens with zero attached hydrogens (tertiary/aromatic N) is 2. The van der Waals surface area contributed by atoms with Gasteiger partial charge in [0.05, 0.1) is 17.3 Å². The van der Waals surface area contributed by atoms with Gasteiger partial charge in [0.1, 0.15) is 12.1 Å². The summed E-state index contributed by atoms with van der Waals surface area (Å²) in [6.07, 6.45) is 1.55. The molecule has 0 aliphatic heterocycles. The second kappa shape index (κ2) is 6.09. The summed E-state index contributed by atoms with van der Waals surface area (Å²) in [6, 6.07) is 11.2. The number of nitrogens with one attached hydrogen (secondary N) is 1. The van der Waals surface area contributed by atoms with Crippen molar-refractivity contribution in [3.05, 3.63) is 52.8 Å². The van der Waals surface area contributed by atoms with Crippen LogP contribution in [0.25, 0.3) is 20.3 Å². The second-order valence-electron chi connectivity index (χ2n) is 5.15. The van der Waals surface area contributed by atoms with E-state index in [1.807, 2.05) is 18.2 Å². The highest BCUT2D eigenvalue weighted by molar-refractivity contribution is 7.26. The number of hydrogen-bond acceptors (Lipinski definition) is 5. The lowest BCUT2D eigenvalue weighted by molar-refractivity contribution is 0.415. The molecule has 120 valence electrons. The van der Waals surface area contributed by atoms with Crippen LogP contribution in [-0.4, -0.2) is 17.1 Å². The molecule has 1 N–H and O–H groups in total. The fourth-order valence-corrected chi connectivity index (χ4v) is 4.19. The predicted molar refractivity (Wildman–Crippen MR) is 101 cm³/mol. The fourth-order valence-electron chi connectivity index (χ4n) is 2.53. The Bertz CT molecular complexity index is 1040. The first kappa shape index (κ1) is 15.4. The van der Waals surface area contributed by atoms with Gasteiger partial charge in [0.2, 0.25) is 0 Å². The highest BCUT2D eigenvalue weighted by atomic mass is 35.5. The third-order valence-electron chi connectivity index (χ3n) is 3.59. The number of thiophene rings is 1. The van der Waals surface area contributed by atoms with E-state index in [2.05, 4.69) is 15.3 Å². The molecular formula is C17H11Cl2N3OS. The van der Waals surface area contributed by atoms with E-state index in [4.69, 9.17) is 27.9 Å². The lowest BCUT2D eigenvalue weighted by Gasteiger charge is -2.07. The molecule has 2 aromatic heterocycles. The summed E-state index contributed by atoms with van der Waals surface area (Å²) in [4.78, 5) is 8.80. The molecule has 4 aromatic rings. The zero-order valence-corrected chi connectivity index (χ0v) is 14.8. The maximum atomic E-state index is 6.06. The molecule has 0 saturated heterocycles. The van der Waals surface area contributed by atoms with Gasteiger partial charge in [-0.05, 0) is 36.4 Å². The van der Waals surface area contributed by atoms with Gasteiger partial charge in [-0.1, -0.05) is 23.2 Å². The lowest BCUT2D eigenvalue weighted by Crippen LogP contribution is -1.94. The quantitative estimate of drug-likeness (QED) is 0.483. The molecule has 4 nitrogen and oxygen atoms in total. The monoisotopic (exact) mass is 375 g/mol. The predicted octanol–water partition coefficient (Wildman–Crippen LogP) is 5.90. The summed E-state index contributed by atoms with van der Waals surface area (Å²) in [6.45, 7) is 0. The van der Waals surface area contributed by atoms with Crippen molar-refractivity contribution in [1.82, 2.24) is 9.97 Å². The lowest BCUT2D eigenvalue weighted by atomic mass is 10.2. The van der Waals surface area contributed by atoms with Crippen molar-refractivity contribution in [2.24, 2.45) is 0 Å². The molecule has 0 saturated carbocycles. The molecule has 0 spiro atoms. The van der Waals surface area contributed by atoms with E-state index in [1.165, 1.54) is 0 Å². The maximum absolute atomic E-state index is 6.06. The summed E-state index contributed by atoms with van der Waals surface area (Å²) in [5.41, 5.74) is 1.69. The third kappa shape index (κ3) is 2.75. The molecule has 0 aliphatic carbocycles. The van der Waals surface area contributed by atoms with Crippen LogP contribution in [-0.2, 0) is 0 Å². The minimum absolute atomic E-state index is 0.566. The second-order valence-corrected chi connectivity index (χ2v) is 7.07. The number of hydrogen-bond donors (Lipinski definition) is 1. The van der Waals surface area contributed by atoms with E-state index in [-0.39, 0.29) is 0 Å². The van der Waals surface area contributed by atoms with Gasteiger partial charge in [-0.2, -0.15) is 0 Å². The number of rotatable bonds is 3. The molecule has 0 bridgehead atoms. The summed E-state index contributed by atoms with van der Waals surface area (Å²) in [5, 5.41) is 5.48. The average Bonchev–Trinajstić information content (AvgIpc) is 2.92. The van der Waals surface area contributed by atoms with Gasteiger partial charge in [0.15, 0.2) is 5.82 Å². The van der Waals surface area contributed by atoms with Crippen molar-refractivity contribution >= 4 is 66.3 Å². The van der Waals surface area contributed by atoms with Crippen LogP contribution in [0.5, 0.6) is 5.75 Å². The van der Waals surface area contributed by atoms with Crippen LogP contribution in [0.1, 0.15) is 0 Å². The maximum Gasteiger partial charge on any atom is 0.151 e. The molecule has 2 heterocycles. The normalized spacial score (nSPS) is 11.1. The van der Waals surface area contributed by atoms with Gasteiger partial charge in [-0.25, -0.2) is 9.97 Å². The third-order valence-corrected chi connectivity index (χ3v) is 5.17. The number of fused-ring (bicyclic) bond motifs is 3. The molecule has 0 unspecified atom stereocenters. The van der Waals surface area contributed by atoms with Crippen LogP contribution < -0.4 is 10.1 Å². The zero-order chi connectivity index (χ0) is 16.7. The van der Waals surface area contributed by atoms with Crippen molar-refractivity contribution in [2.75, 3.05) is 12.4 Å². The van der Waals surface area contributed by atoms with E-state index in [1.54, 1.807) is 43.0 Å². The largest absolute Gasteiger partial charge is 0.497 e. The van der Waals surface area contributed by atoms with E-state index in [0.717, 1.165) is 37.6 Å². The Labute approximate surface area is 152 Å². The van der Waals surface area contributed by atoms with Gasteiger partial charge in [0.25, 0.3) is 0 Å². The van der Waals surface area contributed by atoms with Crippen LogP contribution in [0.3, 0.4) is 0 Å². The fraction of sp³-hybridized carbons (Fsp3) is 0.0588. The van der Waals surface area contributed by atoms with Gasteiger partial charge in [-0.3, -0.25) is 0 Å². The highest BCUT2D eigenvalue weighted by Crippen LogP contribution is 2.38. The minimum atomic E-state index is 0.566. The smallest absolute Gasteiger partial charge is 0.151 e. The zero-order valence-electron chi connectivity index (χ0n) is 12.5. The van der Waals surface area contributed by atoms with Crippen LogP contribution in [0.4, 0.5) is 11.5 Å². The number of aromatic nitrogens is 2. The van der Waals surface area contributed by atoms with Gasteiger partial charge >= 0.3 is 0 Å². The Hall–Kier alpha value is -2.08. The van der Waals surface area contributed by atoms with E-state index >= 15 is 0 Å². The molecule has 0 radical (unpaired) electrons. The Morgan fingerprint density at radius 3 is 2.58 bits per heavy atom. The molecular weight excluding hydrogens is 365 g/mol. The SMILES string of the molecule is COc1ccc2c(c1)sc1c(Nc3cc(Cl)cc(Cl)c3)ncnc12. The number of anilines is 2. The summed E-state index contributed by atoms with van der Waals surface area (Å²) in [5.74, 6) is 1.54. The topological polar surface area (TPSA) is 47.0 Å². The van der Waals surface area contributed by atoms with Crippen molar-refractivity contribution in [2.45, 2.75) is 0 Å². The Kier molecular flexibility index (Phi) is 3.92. The molecule has 0 atom stereocenters. The highest BCUT2D eigenvalue weighted by Gasteiger charge is 2.12. The van der Waals surface area contributed by atoms with Crippen molar-refractivity contribution in [3.8, 4) is 5.75 Å². The Morgan fingerprint density at radius 1 is 1.04 bits per heavy atom. The van der Waals surface area contributed by atoms with Crippen molar-refractivity contribution in [3.63, 3.8) is 0 Å². The van der Waals surface area contributed by atoms with Crippen LogP contribution in [0.2, 0.25) is 10.0 Å². The molecule has 0 fully saturated rings. The van der Waals surface area contributed by atoms with Crippen LogP contribution in [0, 0.1) is 0 Å². The minimum Gasteiger partial charge on any atom is -0.497 e. The summed E-state index contributed by atoms with van der Waals surface area (Å²) < 4.78 is 7.36. The summed E-state index contributed by atoms with van der Waals surface area (Å²) in [7, 11) is 1.66. The number of halogens is 2. The van der Waals surface area contributed by atoms with Crippen LogP contribution in [0.15, 0.2) is 42.7 Å². The first-order valence-corrected chi connectivity index (χ1v) is 8.65. The van der Waals surface area contributed by atoms with Gasteiger partial charge in [0, 0.05) is 25.8 Å². The molecule has 0 aliphatic rings. The Morgan fingerprint density at radius 2 is 1.83 bits per heavy atom. The Balaban J connectivity index is 1.86. The first-order chi connectivity index (χ1) is 11.6. The standard InChI is InChI=1S/C17H11Cl2N3OS/c1-23-12-2-3-13-14(7-12)24-16-15(13)20-8-21-17(16)22-11-5-9(18)4-10(19)6-11/h2-8H,1H3,(H,20,21,22). The van der Waals surface area contributed by atoms with Gasteiger partial charge < -0.3 is 10.1 Å². The molecule has 4 rings (SSSR count).